The first-order chi connectivity index (χ1) is 6.58. The monoisotopic (exact) mass is 187 g/mol. The first-order valence-electron chi connectivity index (χ1n) is 4.76. The Balaban J connectivity index is 2.72. The van der Waals surface area contributed by atoms with E-state index in [-0.39, 0.29) is 5.78 Å². The zero-order chi connectivity index (χ0) is 10.3. The van der Waals surface area contributed by atoms with Crippen LogP contribution in [0, 0.1) is 13.8 Å². The number of carbonyl (C=O) groups is 1. The van der Waals surface area contributed by atoms with Crippen LogP contribution >= 0.6 is 0 Å². The van der Waals surface area contributed by atoms with Crippen molar-refractivity contribution in [2.45, 2.75) is 27.2 Å². The normalized spacial score (nSPS) is 15.1. The highest BCUT2D eigenvalue weighted by Gasteiger charge is 2.19. The molecule has 2 nitrogen and oxygen atoms in total. The molecule has 0 amide bonds. The maximum absolute atomic E-state index is 11.7. The van der Waals surface area contributed by atoms with E-state index < -0.39 is 0 Å². The van der Waals surface area contributed by atoms with Crippen molar-refractivity contribution in [3.05, 3.63) is 28.8 Å². The van der Waals surface area contributed by atoms with Crippen LogP contribution in [0.25, 0.3) is 0 Å². The number of benzene rings is 1. The molecule has 1 heterocycles. The van der Waals surface area contributed by atoms with E-state index in [9.17, 15) is 4.79 Å². The van der Waals surface area contributed by atoms with Gasteiger partial charge in [0, 0.05) is 17.7 Å². The first kappa shape index (κ1) is 9.13. The second-order valence-corrected chi connectivity index (χ2v) is 3.93. The minimum absolute atomic E-state index is 0.194. The number of carbonyl (C=O) groups excluding carboxylic acids is 1. The van der Waals surface area contributed by atoms with Crippen LogP contribution in [0.15, 0.2) is 17.1 Å². The van der Waals surface area contributed by atoms with Gasteiger partial charge in [-0.3, -0.25) is 9.79 Å². The lowest BCUT2D eigenvalue weighted by atomic mass is 9.96. The molecule has 1 aromatic carbocycles. The van der Waals surface area contributed by atoms with Gasteiger partial charge in [0.2, 0.25) is 0 Å². The van der Waals surface area contributed by atoms with Gasteiger partial charge in [0.05, 0.1) is 5.69 Å². The quantitative estimate of drug-likeness (QED) is 0.614. The highest BCUT2D eigenvalue weighted by atomic mass is 16.1. The van der Waals surface area contributed by atoms with E-state index in [4.69, 9.17) is 0 Å². The Kier molecular flexibility index (Phi) is 1.99. The maximum Gasteiger partial charge on any atom is 0.170 e. The Labute approximate surface area is 83.7 Å². The van der Waals surface area contributed by atoms with Gasteiger partial charge < -0.3 is 0 Å². The number of fused-ring (bicyclic) bond motifs is 1. The van der Waals surface area contributed by atoms with Crippen LogP contribution in [0.4, 0.5) is 5.69 Å². The van der Waals surface area contributed by atoms with Crippen LogP contribution < -0.4 is 0 Å². The zero-order valence-corrected chi connectivity index (χ0v) is 8.72. The standard InChI is InChI=1S/C12H13NO/c1-7-4-8(2)12-10(5-7)11(14)6-9(3)13-12/h4-5H,6H2,1-3H3. The zero-order valence-electron chi connectivity index (χ0n) is 8.72. The Morgan fingerprint density at radius 1 is 1.21 bits per heavy atom. The fourth-order valence-electron chi connectivity index (χ4n) is 1.88. The van der Waals surface area contributed by atoms with E-state index in [0.717, 1.165) is 28.1 Å². The molecule has 0 unspecified atom stereocenters. The Morgan fingerprint density at radius 3 is 2.64 bits per heavy atom. The van der Waals surface area contributed by atoms with Gasteiger partial charge in [0.1, 0.15) is 0 Å². The molecule has 2 heteroatoms. The largest absolute Gasteiger partial charge is 0.294 e. The Morgan fingerprint density at radius 2 is 1.93 bits per heavy atom. The topological polar surface area (TPSA) is 29.4 Å². The molecule has 1 aliphatic rings. The molecule has 0 spiro atoms. The molecule has 0 radical (unpaired) electrons. The summed E-state index contributed by atoms with van der Waals surface area (Å²) in [5, 5.41) is 0. The molecule has 14 heavy (non-hydrogen) atoms. The minimum atomic E-state index is 0.194. The Bertz CT molecular complexity index is 444. The molecule has 0 fully saturated rings. The number of Topliss-reactive ketones (excluding diaryl/α,β-unsaturated/α-hetero) is 1. The summed E-state index contributed by atoms with van der Waals surface area (Å²) in [5.74, 6) is 0.194. The fourth-order valence-corrected chi connectivity index (χ4v) is 1.88. The van der Waals surface area contributed by atoms with Crippen LogP contribution in [0.3, 0.4) is 0 Å². The van der Waals surface area contributed by atoms with E-state index in [1.54, 1.807) is 0 Å². The van der Waals surface area contributed by atoms with Crippen LogP contribution in [-0.2, 0) is 0 Å². The third-order valence-corrected chi connectivity index (χ3v) is 2.46. The molecule has 0 saturated heterocycles. The summed E-state index contributed by atoms with van der Waals surface area (Å²) in [7, 11) is 0. The number of ketones is 1. The van der Waals surface area contributed by atoms with Crippen molar-refractivity contribution < 1.29 is 4.79 Å². The second-order valence-electron chi connectivity index (χ2n) is 3.93. The summed E-state index contributed by atoms with van der Waals surface area (Å²) >= 11 is 0. The highest BCUT2D eigenvalue weighted by Crippen LogP contribution is 2.30. The number of nitrogens with zero attached hydrogens (tertiary/aromatic N) is 1. The van der Waals surface area contributed by atoms with Crippen molar-refractivity contribution in [3.8, 4) is 0 Å². The molecule has 2 rings (SSSR count). The van der Waals surface area contributed by atoms with Crippen molar-refractivity contribution in [1.82, 2.24) is 0 Å². The summed E-state index contributed by atoms with van der Waals surface area (Å²) < 4.78 is 0. The van der Waals surface area contributed by atoms with Gasteiger partial charge in [-0.15, -0.1) is 0 Å². The number of rotatable bonds is 0. The molecule has 0 bridgehead atoms. The van der Waals surface area contributed by atoms with Gasteiger partial charge in [0.15, 0.2) is 5.78 Å². The van der Waals surface area contributed by atoms with E-state index in [1.165, 1.54) is 0 Å². The van der Waals surface area contributed by atoms with Crippen molar-refractivity contribution in [2.24, 2.45) is 4.99 Å². The smallest absolute Gasteiger partial charge is 0.170 e. The van der Waals surface area contributed by atoms with E-state index in [2.05, 4.69) is 11.1 Å². The highest BCUT2D eigenvalue weighted by molar-refractivity contribution is 6.15. The summed E-state index contributed by atoms with van der Waals surface area (Å²) in [4.78, 5) is 16.2. The van der Waals surface area contributed by atoms with Crippen LogP contribution in [0.2, 0.25) is 0 Å². The van der Waals surface area contributed by atoms with Crippen molar-refractivity contribution in [3.63, 3.8) is 0 Å². The summed E-state index contributed by atoms with van der Waals surface area (Å²) in [6, 6.07) is 3.99. The van der Waals surface area contributed by atoms with E-state index >= 15 is 0 Å². The van der Waals surface area contributed by atoms with Gasteiger partial charge >= 0.3 is 0 Å². The molecule has 0 atom stereocenters. The second kappa shape index (κ2) is 3.05. The molecule has 72 valence electrons. The van der Waals surface area contributed by atoms with E-state index in [1.807, 2.05) is 26.8 Å². The first-order valence-corrected chi connectivity index (χ1v) is 4.76. The predicted octanol–water partition coefficient (Wildman–Crippen LogP) is 2.98. The molecular weight excluding hydrogens is 174 g/mol. The van der Waals surface area contributed by atoms with Crippen molar-refractivity contribution in [2.75, 3.05) is 0 Å². The molecule has 0 N–H and O–H groups in total. The number of hydrogen-bond acceptors (Lipinski definition) is 2. The van der Waals surface area contributed by atoms with Gasteiger partial charge in [-0.1, -0.05) is 6.07 Å². The van der Waals surface area contributed by atoms with Gasteiger partial charge in [-0.05, 0) is 38.0 Å². The molecule has 1 aliphatic heterocycles. The lowest BCUT2D eigenvalue weighted by molar-refractivity contribution is 0.0999. The van der Waals surface area contributed by atoms with E-state index in [0.29, 0.717) is 6.42 Å². The van der Waals surface area contributed by atoms with Gasteiger partial charge in [0.25, 0.3) is 0 Å². The molecule has 0 aromatic heterocycles. The third kappa shape index (κ3) is 1.37. The summed E-state index contributed by atoms with van der Waals surface area (Å²) in [6.45, 7) is 5.91. The maximum atomic E-state index is 11.7. The third-order valence-electron chi connectivity index (χ3n) is 2.46. The lowest BCUT2D eigenvalue weighted by Gasteiger charge is -2.15. The Hall–Kier alpha value is -1.44. The number of aliphatic imine (C=N–C) groups is 1. The summed E-state index contributed by atoms with van der Waals surface area (Å²) in [5.41, 5.74) is 4.78. The van der Waals surface area contributed by atoms with Gasteiger partial charge in [-0.2, -0.15) is 0 Å². The molecule has 1 aromatic rings. The minimum Gasteiger partial charge on any atom is -0.294 e. The van der Waals surface area contributed by atoms with Crippen LogP contribution in [0.5, 0.6) is 0 Å². The number of aryl methyl sites for hydroxylation is 2. The molecule has 0 aliphatic carbocycles. The van der Waals surface area contributed by atoms with Crippen LogP contribution in [-0.4, -0.2) is 11.5 Å². The average Bonchev–Trinajstić information content (AvgIpc) is 2.07. The average molecular weight is 187 g/mol. The van der Waals surface area contributed by atoms with Crippen molar-refractivity contribution in [1.29, 1.82) is 0 Å². The van der Waals surface area contributed by atoms with Crippen LogP contribution in [0.1, 0.15) is 34.8 Å². The molecule has 0 saturated carbocycles. The predicted molar refractivity (Wildman–Crippen MR) is 57.6 cm³/mol. The SMILES string of the molecule is CC1=Nc2c(C)cc(C)cc2C(=O)C1. The summed E-state index contributed by atoms with van der Waals surface area (Å²) in [6.07, 6.45) is 0.468. The van der Waals surface area contributed by atoms with Gasteiger partial charge in [-0.25, -0.2) is 0 Å². The lowest BCUT2D eigenvalue weighted by Crippen LogP contribution is -2.11. The number of hydrogen-bond donors (Lipinski definition) is 0. The molecular formula is C12H13NO. The van der Waals surface area contributed by atoms with Crippen molar-refractivity contribution >= 4 is 17.2 Å². The fraction of sp³-hybridized carbons (Fsp3) is 0.333.